The largest absolute Gasteiger partial charge is 0.396 e. The smallest absolute Gasteiger partial charge is 0.226 e. The Morgan fingerprint density at radius 1 is 1.25 bits per heavy atom. The highest BCUT2D eigenvalue weighted by Crippen LogP contribution is 2.41. The maximum Gasteiger partial charge on any atom is 0.226 e. The zero-order valence-corrected chi connectivity index (χ0v) is 17.0. The molecule has 0 saturated carbocycles. The van der Waals surface area contributed by atoms with Crippen molar-refractivity contribution >= 4 is 43.4 Å². The number of nitrogens with zero attached hydrogens (tertiary/aromatic N) is 5. The molecule has 4 aromatic rings. The molecule has 0 aromatic carbocycles. The summed E-state index contributed by atoms with van der Waals surface area (Å²) in [7, 11) is 0. The van der Waals surface area contributed by atoms with Crippen LogP contribution < -0.4 is 5.32 Å². The first-order valence-corrected chi connectivity index (χ1v) is 10.8. The van der Waals surface area contributed by atoms with Crippen molar-refractivity contribution < 1.29 is 5.11 Å². The molecule has 28 heavy (non-hydrogen) atoms. The van der Waals surface area contributed by atoms with Gasteiger partial charge < -0.3 is 10.4 Å². The maximum absolute atomic E-state index is 9.09. The molecule has 5 rings (SSSR count). The Morgan fingerprint density at radius 3 is 2.93 bits per heavy atom. The molecule has 0 amide bonds. The summed E-state index contributed by atoms with van der Waals surface area (Å²) >= 11 is 1.68. The molecule has 7 nitrogen and oxygen atoms in total. The van der Waals surface area contributed by atoms with E-state index in [0.29, 0.717) is 24.8 Å². The van der Waals surface area contributed by atoms with Gasteiger partial charge >= 0.3 is 0 Å². The molecular formula is C20H24N6OS. The number of pyridine rings is 1. The first kappa shape index (κ1) is 17.8. The van der Waals surface area contributed by atoms with Crippen LogP contribution >= 0.6 is 11.3 Å². The van der Waals surface area contributed by atoms with Crippen LogP contribution in [0.1, 0.15) is 43.5 Å². The van der Waals surface area contributed by atoms with Crippen LogP contribution in [0.25, 0.3) is 26.1 Å². The summed E-state index contributed by atoms with van der Waals surface area (Å²) < 4.78 is 2.80. The molecule has 0 bridgehead atoms. The molecular weight excluding hydrogens is 372 g/mol. The van der Waals surface area contributed by atoms with E-state index in [-0.39, 0.29) is 6.61 Å². The van der Waals surface area contributed by atoms with Crippen molar-refractivity contribution in [2.24, 2.45) is 5.92 Å². The minimum atomic E-state index is 0.146. The number of aromatic nitrogens is 5. The molecule has 0 atom stereocenters. The fourth-order valence-corrected chi connectivity index (χ4v) is 5.35. The van der Waals surface area contributed by atoms with Gasteiger partial charge in [0.25, 0.3) is 0 Å². The summed E-state index contributed by atoms with van der Waals surface area (Å²) in [4.78, 5) is 15.6. The van der Waals surface area contributed by atoms with Gasteiger partial charge in [-0.1, -0.05) is 13.8 Å². The predicted octanol–water partition coefficient (Wildman–Crippen LogP) is 3.37. The molecule has 0 unspecified atom stereocenters. The normalized spacial score (nSPS) is 14.0. The van der Waals surface area contributed by atoms with Gasteiger partial charge in [0.2, 0.25) is 5.95 Å². The zero-order valence-electron chi connectivity index (χ0n) is 16.2. The van der Waals surface area contributed by atoms with Gasteiger partial charge in [-0.05, 0) is 49.1 Å². The minimum Gasteiger partial charge on any atom is -0.396 e. The Kier molecular flexibility index (Phi) is 4.40. The van der Waals surface area contributed by atoms with Gasteiger partial charge in [-0.2, -0.15) is 9.61 Å². The monoisotopic (exact) mass is 396 g/mol. The average Bonchev–Trinajstić information content (AvgIpc) is 3.38. The predicted molar refractivity (Wildman–Crippen MR) is 112 cm³/mol. The fraction of sp³-hybridized carbons (Fsp3) is 0.500. The Balaban J connectivity index is 1.77. The third-order valence-corrected chi connectivity index (χ3v) is 6.43. The number of aliphatic hydroxyl groups excluding tert-OH is 1. The van der Waals surface area contributed by atoms with Crippen LogP contribution in [0, 0.1) is 5.92 Å². The van der Waals surface area contributed by atoms with Crippen molar-refractivity contribution in [1.29, 1.82) is 0 Å². The van der Waals surface area contributed by atoms with Crippen molar-refractivity contribution in [2.45, 2.75) is 46.0 Å². The van der Waals surface area contributed by atoms with E-state index < -0.39 is 0 Å². The number of aliphatic hydroxyl groups is 1. The second-order valence-corrected chi connectivity index (χ2v) is 8.86. The summed E-state index contributed by atoms with van der Waals surface area (Å²) in [5.74, 6) is 1.26. The van der Waals surface area contributed by atoms with Crippen LogP contribution in [0.3, 0.4) is 0 Å². The molecule has 2 N–H and O–H groups in total. The summed E-state index contributed by atoms with van der Waals surface area (Å²) in [5, 5.41) is 17.9. The Hall–Kier alpha value is -2.32. The number of fused-ring (bicyclic) bond motifs is 7. The summed E-state index contributed by atoms with van der Waals surface area (Å²) in [6, 6.07) is 0. The van der Waals surface area contributed by atoms with Crippen LogP contribution in [0.4, 0.5) is 5.95 Å². The standard InChI is InChI=1S/C20H24N6OS/c1-11(2)9-14-12-5-3-6-13(12)15-16-17(28-19(15)24-14)18-22-10-23-26(18)20(25-16)21-7-4-8-27/h10-11,27H,3-9H2,1-2H3,(H,21,25). The third-order valence-electron chi connectivity index (χ3n) is 5.36. The van der Waals surface area contributed by atoms with E-state index in [2.05, 4.69) is 29.2 Å². The molecule has 4 aromatic heterocycles. The SMILES string of the molecule is CC(C)Cc1nc2sc3c(nc(NCCCO)n4ncnc34)c2c2c1CCC2. The summed E-state index contributed by atoms with van der Waals surface area (Å²) in [5.41, 5.74) is 5.94. The van der Waals surface area contributed by atoms with Gasteiger partial charge in [-0.25, -0.2) is 15.0 Å². The lowest BCUT2D eigenvalue weighted by Gasteiger charge is -2.11. The van der Waals surface area contributed by atoms with Crippen molar-refractivity contribution in [2.75, 3.05) is 18.5 Å². The van der Waals surface area contributed by atoms with E-state index in [1.807, 2.05) is 0 Å². The molecule has 0 aliphatic heterocycles. The number of aryl methyl sites for hydroxylation is 1. The van der Waals surface area contributed by atoms with E-state index in [1.165, 1.54) is 28.6 Å². The van der Waals surface area contributed by atoms with Gasteiger partial charge in [0, 0.05) is 24.2 Å². The Labute approximate surface area is 166 Å². The van der Waals surface area contributed by atoms with Gasteiger partial charge in [0.05, 0.1) is 5.52 Å². The van der Waals surface area contributed by atoms with Crippen LogP contribution in [-0.4, -0.2) is 42.8 Å². The highest BCUT2D eigenvalue weighted by Gasteiger charge is 2.25. The van der Waals surface area contributed by atoms with Gasteiger partial charge in [-0.15, -0.1) is 11.3 Å². The van der Waals surface area contributed by atoms with E-state index in [4.69, 9.17) is 15.1 Å². The average molecular weight is 397 g/mol. The van der Waals surface area contributed by atoms with Crippen LogP contribution in [0.5, 0.6) is 0 Å². The lowest BCUT2D eigenvalue weighted by Crippen LogP contribution is -2.10. The topological polar surface area (TPSA) is 88.2 Å². The summed E-state index contributed by atoms with van der Waals surface area (Å²) in [6.07, 6.45) is 6.65. The van der Waals surface area contributed by atoms with Crippen LogP contribution in [-0.2, 0) is 19.3 Å². The number of hydrogen-bond donors (Lipinski definition) is 2. The Bertz CT molecular complexity index is 1180. The lowest BCUT2D eigenvalue weighted by atomic mass is 9.99. The number of anilines is 1. The van der Waals surface area contributed by atoms with E-state index >= 15 is 0 Å². The van der Waals surface area contributed by atoms with Crippen molar-refractivity contribution in [3.05, 3.63) is 23.1 Å². The van der Waals surface area contributed by atoms with Gasteiger partial charge in [0.15, 0.2) is 5.65 Å². The highest BCUT2D eigenvalue weighted by molar-refractivity contribution is 7.26. The molecule has 146 valence electrons. The van der Waals surface area contributed by atoms with E-state index in [1.54, 1.807) is 22.2 Å². The van der Waals surface area contributed by atoms with Crippen molar-refractivity contribution in [1.82, 2.24) is 24.6 Å². The minimum absolute atomic E-state index is 0.146. The summed E-state index contributed by atoms with van der Waals surface area (Å²) in [6.45, 7) is 5.29. The number of rotatable bonds is 6. The number of thiophene rings is 1. The third kappa shape index (κ3) is 2.74. The quantitative estimate of drug-likeness (QED) is 0.486. The maximum atomic E-state index is 9.09. The molecule has 0 fully saturated rings. The van der Waals surface area contributed by atoms with Crippen molar-refractivity contribution in [3.63, 3.8) is 0 Å². The fourth-order valence-electron chi connectivity index (χ4n) is 4.20. The molecule has 4 heterocycles. The van der Waals surface area contributed by atoms with Crippen LogP contribution in [0.15, 0.2) is 6.33 Å². The van der Waals surface area contributed by atoms with Gasteiger partial charge in [0.1, 0.15) is 15.9 Å². The first-order chi connectivity index (χ1) is 13.7. The molecule has 8 heteroatoms. The Morgan fingerprint density at radius 2 is 2.11 bits per heavy atom. The first-order valence-electron chi connectivity index (χ1n) is 9.98. The zero-order chi connectivity index (χ0) is 19.3. The number of hydrogen-bond acceptors (Lipinski definition) is 7. The molecule has 1 aliphatic carbocycles. The second kappa shape index (κ2) is 6.93. The molecule has 0 spiro atoms. The second-order valence-electron chi connectivity index (χ2n) is 7.86. The van der Waals surface area contributed by atoms with Crippen molar-refractivity contribution in [3.8, 4) is 0 Å². The molecule has 0 radical (unpaired) electrons. The lowest BCUT2D eigenvalue weighted by molar-refractivity contribution is 0.292. The van der Waals surface area contributed by atoms with E-state index in [0.717, 1.165) is 40.0 Å². The van der Waals surface area contributed by atoms with Gasteiger partial charge in [-0.3, -0.25) is 0 Å². The number of nitrogens with one attached hydrogen (secondary N) is 1. The van der Waals surface area contributed by atoms with Crippen LogP contribution in [0.2, 0.25) is 0 Å². The highest BCUT2D eigenvalue weighted by atomic mass is 32.1. The van der Waals surface area contributed by atoms with E-state index in [9.17, 15) is 0 Å². The molecule has 0 saturated heterocycles. The molecule has 1 aliphatic rings.